The number of likely N-dealkylation sites (tertiary alicyclic amines) is 1. The van der Waals surface area contributed by atoms with Gasteiger partial charge in [-0.05, 0) is 59.7 Å². The van der Waals surface area contributed by atoms with E-state index < -0.39 is 6.17 Å². The van der Waals surface area contributed by atoms with E-state index in [1.807, 2.05) is 17.3 Å². The lowest BCUT2D eigenvalue weighted by Crippen LogP contribution is -2.45. The molecular weight excluding hydrogens is 433 g/mol. The molecule has 0 saturated carbocycles. The molecule has 2 N–H and O–H groups in total. The molecule has 2 fully saturated rings. The number of aryl methyl sites for hydroxylation is 1. The highest BCUT2D eigenvalue weighted by atomic mass is 19.1. The second-order valence-corrected chi connectivity index (χ2v) is 9.66. The van der Waals surface area contributed by atoms with Crippen LogP contribution in [0.15, 0.2) is 30.6 Å². The predicted octanol–water partition coefficient (Wildman–Crippen LogP) is 3.72. The summed E-state index contributed by atoms with van der Waals surface area (Å²) >= 11 is 0. The van der Waals surface area contributed by atoms with Crippen LogP contribution in [0.25, 0.3) is 22.2 Å². The average molecular weight is 464 g/mol. The number of nitrogens with one attached hydrogen (secondary N) is 2. The van der Waals surface area contributed by atoms with E-state index in [9.17, 15) is 9.18 Å². The molecule has 0 unspecified atom stereocenters. The second kappa shape index (κ2) is 8.67. The molecular formula is C26H30FN5O2. The molecule has 5 heterocycles. The van der Waals surface area contributed by atoms with E-state index in [1.165, 1.54) is 22.3 Å². The Morgan fingerprint density at radius 1 is 1.21 bits per heavy atom. The van der Waals surface area contributed by atoms with Gasteiger partial charge < -0.3 is 24.8 Å². The number of H-pyrrole nitrogens is 1. The Labute approximate surface area is 198 Å². The van der Waals surface area contributed by atoms with Crippen LogP contribution in [0.2, 0.25) is 0 Å². The molecule has 6 rings (SSSR count). The van der Waals surface area contributed by atoms with E-state index in [1.54, 1.807) is 4.90 Å². The summed E-state index contributed by atoms with van der Waals surface area (Å²) in [5.41, 5.74) is 7.93. The largest absolute Gasteiger partial charge is 0.378 e. The fourth-order valence-electron chi connectivity index (χ4n) is 5.49. The summed E-state index contributed by atoms with van der Waals surface area (Å²) in [6, 6.07) is 6.71. The van der Waals surface area contributed by atoms with E-state index in [2.05, 4.69) is 40.4 Å². The number of aromatic nitrogens is 2. The number of benzene rings is 1. The summed E-state index contributed by atoms with van der Waals surface area (Å²) < 4.78 is 19.5. The van der Waals surface area contributed by atoms with Crippen molar-refractivity contribution in [2.75, 3.05) is 39.4 Å². The third-order valence-corrected chi connectivity index (χ3v) is 7.42. The monoisotopic (exact) mass is 463 g/mol. The lowest BCUT2D eigenvalue weighted by molar-refractivity contribution is 0.0762. The minimum atomic E-state index is -0.905. The van der Waals surface area contributed by atoms with Crippen LogP contribution in [0.1, 0.15) is 34.7 Å². The minimum Gasteiger partial charge on any atom is -0.378 e. The number of urea groups is 1. The molecule has 2 amide bonds. The maximum atomic E-state index is 13.7. The lowest BCUT2D eigenvalue weighted by atomic mass is 9.87. The first-order valence-corrected chi connectivity index (χ1v) is 12.2. The summed E-state index contributed by atoms with van der Waals surface area (Å²) in [5.74, 6) is 0. The molecule has 0 spiro atoms. The van der Waals surface area contributed by atoms with Gasteiger partial charge in [0.2, 0.25) is 0 Å². The minimum absolute atomic E-state index is 0.0498. The maximum absolute atomic E-state index is 13.7. The Hall–Kier alpha value is -2.97. The smallest absolute Gasteiger partial charge is 0.320 e. The number of morpholine rings is 1. The molecule has 3 aliphatic heterocycles. The van der Waals surface area contributed by atoms with Gasteiger partial charge in [0.25, 0.3) is 0 Å². The van der Waals surface area contributed by atoms with Crippen molar-refractivity contribution in [2.45, 2.75) is 38.5 Å². The number of rotatable bonds is 2. The van der Waals surface area contributed by atoms with Crippen molar-refractivity contribution in [3.8, 4) is 11.1 Å². The Bertz CT molecular complexity index is 1240. The number of carbonyl (C=O) groups is 1. The van der Waals surface area contributed by atoms with Gasteiger partial charge in [0.05, 0.1) is 25.8 Å². The van der Waals surface area contributed by atoms with Crippen molar-refractivity contribution >= 4 is 17.1 Å². The van der Waals surface area contributed by atoms with Crippen molar-refractivity contribution in [1.29, 1.82) is 0 Å². The second-order valence-electron chi connectivity index (χ2n) is 9.66. The first-order valence-electron chi connectivity index (χ1n) is 12.2. The Kier molecular flexibility index (Phi) is 5.50. The number of aromatic amines is 1. The van der Waals surface area contributed by atoms with Gasteiger partial charge >= 0.3 is 6.03 Å². The number of hydrogen-bond acceptors (Lipinski definition) is 4. The standard InChI is InChI=1S/C26H30FN5O2/c1-16-11-29-25-21(16)10-19(12-30-25)18-8-17-2-5-32(26(33)31-6-3-20(27)13-31)14-23(17)22(9-18)24-15-34-7-4-28-24/h8-12,20,24,28H,2-7,13-15H2,1H3,(H,29,30)/t20-,24-/m0/s1. The fraction of sp³-hybridized carbons (Fsp3) is 0.462. The van der Waals surface area contributed by atoms with Crippen molar-refractivity contribution in [3.63, 3.8) is 0 Å². The number of nitrogens with zero attached hydrogens (tertiary/aromatic N) is 3. The van der Waals surface area contributed by atoms with Gasteiger partial charge in [-0.2, -0.15) is 0 Å². The van der Waals surface area contributed by atoms with Crippen molar-refractivity contribution < 1.29 is 13.9 Å². The molecule has 178 valence electrons. The van der Waals surface area contributed by atoms with E-state index >= 15 is 0 Å². The molecule has 3 aromatic rings. The highest BCUT2D eigenvalue weighted by molar-refractivity contribution is 5.84. The molecule has 2 atom stereocenters. The summed E-state index contributed by atoms with van der Waals surface area (Å²) in [5, 5.41) is 4.72. The van der Waals surface area contributed by atoms with Gasteiger partial charge in [-0.15, -0.1) is 0 Å². The van der Waals surface area contributed by atoms with Crippen molar-refractivity contribution in [3.05, 3.63) is 52.8 Å². The zero-order valence-electron chi connectivity index (χ0n) is 19.4. The van der Waals surface area contributed by atoms with E-state index in [0.717, 1.165) is 35.1 Å². The number of carbonyl (C=O) groups excluding carboxylic acids is 1. The van der Waals surface area contributed by atoms with E-state index in [4.69, 9.17) is 4.74 Å². The Morgan fingerprint density at radius 2 is 2.12 bits per heavy atom. The number of ether oxygens (including phenoxy) is 1. The third kappa shape index (κ3) is 3.84. The number of amides is 2. The third-order valence-electron chi connectivity index (χ3n) is 7.42. The molecule has 0 aliphatic carbocycles. The zero-order chi connectivity index (χ0) is 23.2. The number of hydrogen-bond donors (Lipinski definition) is 2. The number of alkyl halides is 1. The van der Waals surface area contributed by atoms with Crippen LogP contribution in [0.3, 0.4) is 0 Å². The van der Waals surface area contributed by atoms with Gasteiger partial charge in [-0.1, -0.05) is 6.07 Å². The molecule has 2 aromatic heterocycles. The highest BCUT2D eigenvalue weighted by Gasteiger charge is 2.33. The fourth-order valence-corrected chi connectivity index (χ4v) is 5.49. The molecule has 2 saturated heterocycles. The number of fused-ring (bicyclic) bond motifs is 2. The number of pyridine rings is 1. The first kappa shape index (κ1) is 21.6. The maximum Gasteiger partial charge on any atom is 0.320 e. The van der Waals surface area contributed by atoms with Crippen LogP contribution in [0.5, 0.6) is 0 Å². The first-order chi connectivity index (χ1) is 16.6. The van der Waals surface area contributed by atoms with E-state index in [-0.39, 0.29) is 18.6 Å². The van der Waals surface area contributed by atoms with Crippen LogP contribution in [-0.2, 0) is 17.7 Å². The van der Waals surface area contributed by atoms with Gasteiger partial charge in [0.15, 0.2) is 0 Å². The highest BCUT2D eigenvalue weighted by Crippen LogP contribution is 2.35. The molecule has 8 heteroatoms. The molecule has 3 aliphatic rings. The van der Waals surface area contributed by atoms with Crippen LogP contribution < -0.4 is 5.32 Å². The van der Waals surface area contributed by atoms with Crippen LogP contribution >= 0.6 is 0 Å². The molecule has 7 nitrogen and oxygen atoms in total. The lowest BCUT2D eigenvalue weighted by Gasteiger charge is -2.35. The molecule has 1 aromatic carbocycles. The Morgan fingerprint density at radius 3 is 2.91 bits per heavy atom. The zero-order valence-corrected chi connectivity index (χ0v) is 19.4. The van der Waals surface area contributed by atoms with Gasteiger partial charge in [-0.3, -0.25) is 0 Å². The summed E-state index contributed by atoms with van der Waals surface area (Å²) in [7, 11) is 0. The topological polar surface area (TPSA) is 73.5 Å². The quantitative estimate of drug-likeness (QED) is 0.608. The van der Waals surface area contributed by atoms with Crippen molar-refractivity contribution in [2.24, 2.45) is 0 Å². The SMILES string of the molecule is Cc1c[nH]c2ncc(-c3cc4c(c([C@@H]5COCCN5)c3)CN(C(=O)N3CC[C@H](F)C3)CC4)cc12. The normalized spacial score (nSPS) is 22.9. The summed E-state index contributed by atoms with van der Waals surface area (Å²) in [6.45, 7) is 6.09. The summed E-state index contributed by atoms with van der Waals surface area (Å²) in [4.78, 5) is 24.5. The summed E-state index contributed by atoms with van der Waals surface area (Å²) in [6.07, 6.45) is 4.22. The molecule has 0 radical (unpaired) electrons. The van der Waals surface area contributed by atoms with Gasteiger partial charge in [0.1, 0.15) is 11.8 Å². The van der Waals surface area contributed by atoms with Gasteiger partial charge in [0, 0.05) is 49.5 Å². The van der Waals surface area contributed by atoms with Gasteiger partial charge in [-0.25, -0.2) is 14.2 Å². The Balaban J connectivity index is 1.37. The van der Waals surface area contributed by atoms with Crippen LogP contribution in [-0.4, -0.2) is 71.4 Å². The average Bonchev–Trinajstić information content (AvgIpc) is 3.48. The van der Waals surface area contributed by atoms with E-state index in [0.29, 0.717) is 39.3 Å². The number of halogens is 1. The molecule has 34 heavy (non-hydrogen) atoms. The molecule has 0 bridgehead atoms. The van der Waals surface area contributed by atoms with Crippen molar-refractivity contribution in [1.82, 2.24) is 25.1 Å². The predicted molar refractivity (Wildman–Crippen MR) is 128 cm³/mol. The van der Waals surface area contributed by atoms with Crippen LogP contribution in [0.4, 0.5) is 9.18 Å². The van der Waals surface area contributed by atoms with Crippen LogP contribution in [0, 0.1) is 6.92 Å².